The quantitative estimate of drug-likeness (QED) is 0.872. The number of carbonyl (C=O) groups is 2. The van der Waals surface area contributed by atoms with E-state index in [9.17, 15) is 9.59 Å². The van der Waals surface area contributed by atoms with Crippen molar-refractivity contribution in [1.29, 1.82) is 0 Å². The van der Waals surface area contributed by atoms with E-state index in [1.165, 1.54) is 4.90 Å². The number of nitrogens with one attached hydrogen (secondary N) is 1. The smallest absolute Gasteiger partial charge is 0.261 e. The standard InChI is InChI=1S/C12H19N3O2S/c1-6(2)14-11(16)9-7(3)8(10(13)18-9)12(17)15(4)5/h6H,13H2,1-5H3,(H,14,16). The second-order valence-electron chi connectivity index (χ2n) is 4.62. The lowest BCUT2D eigenvalue weighted by atomic mass is 10.1. The van der Waals surface area contributed by atoms with Gasteiger partial charge in [0.2, 0.25) is 0 Å². The number of anilines is 1. The van der Waals surface area contributed by atoms with Crippen molar-refractivity contribution in [3.8, 4) is 0 Å². The van der Waals surface area contributed by atoms with Crippen molar-refractivity contribution in [2.24, 2.45) is 0 Å². The minimum atomic E-state index is -0.183. The van der Waals surface area contributed by atoms with Gasteiger partial charge in [0, 0.05) is 20.1 Å². The average molecular weight is 269 g/mol. The van der Waals surface area contributed by atoms with Gasteiger partial charge in [-0.1, -0.05) is 0 Å². The Morgan fingerprint density at radius 1 is 1.33 bits per heavy atom. The largest absolute Gasteiger partial charge is 0.390 e. The summed E-state index contributed by atoms with van der Waals surface area (Å²) in [4.78, 5) is 25.9. The van der Waals surface area contributed by atoms with E-state index in [2.05, 4.69) is 5.32 Å². The zero-order valence-corrected chi connectivity index (χ0v) is 12.1. The molecule has 0 aliphatic heterocycles. The highest BCUT2D eigenvalue weighted by atomic mass is 32.1. The number of hydrogen-bond acceptors (Lipinski definition) is 4. The van der Waals surface area contributed by atoms with Crippen LogP contribution in [0.2, 0.25) is 0 Å². The van der Waals surface area contributed by atoms with Gasteiger partial charge < -0.3 is 16.0 Å². The highest BCUT2D eigenvalue weighted by molar-refractivity contribution is 7.18. The van der Waals surface area contributed by atoms with E-state index in [4.69, 9.17) is 5.73 Å². The van der Waals surface area contributed by atoms with Crippen molar-refractivity contribution >= 4 is 28.2 Å². The van der Waals surface area contributed by atoms with Crippen LogP contribution < -0.4 is 11.1 Å². The summed E-state index contributed by atoms with van der Waals surface area (Å²) in [6.45, 7) is 5.52. The molecule has 18 heavy (non-hydrogen) atoms. The first-order valence-electron chi connectivity index (χ1n) is 5.67. The maximum Gasteiger partial charge on any atom is 0.261 e. The van der Waals surface area contributed by atoms with Crippen LogP contribution >= 0.6 is 11.3 Å². The fraction of sp³-hybridized carbons (Fsp3) is 0.500. The van der Waals surface area contributed by atoms with Crippen LogP contribution in [0.3, 0.4) is 0 Å². The number of nitrogens with zero attached hydrogens (tertiary/aromatic N) is 1. The predicted octanol–water partition coefficient (Wildman–Crippen LogP) is 1.48. The van der Waals surface area contributed by atoms with Crippen LogP contribution in [0.1, 0.15) is 39.4 Å². The summed E-state index contributed by atoms with van der Waals surface area (Å²) in [5, 5.41) is 3.19. The topological polar surface area (TPSA) is 75.4 Å². The Labute approximate surface area is 111 Å². The molecule has 3 N–H and O–H groups in total. The van der Waals surface area contributed by atoms with Gasteiger partial charge in [0.1, 0.15) is 0 Å². The van der Waals surface area contributed by atoms with E-state index in [-0.39, 0.29) is 17.9 Å². The third-order valence-corrected chi connectivity index (χ3v) is 3.54. The lowest BCUT2D eigenvalue weighted by Crippen LogP contribution is -2.30. The summed E-state index contributed by atoms with van der Waals surface area (Å²) < 4.78 is 0. The Morgan fingerprint density at radius 3 is 2.33 bits per heavy atom. The van der Waals surface area contributed by atoms with Gasteiger partial charge in [0.25, 0.3) is 11.8 Å². The van der Waals surface area contributed by atoms with E-state index in [1.807, 2.05) is 13.8 Å². The van der Waals surface area contributed by atoms with Crippen LogP contribution in [0.15, 0.2) is 0 Å². The van der Waals surface area contributed by atoms with Crippen molar-refractivity contribution in [2.45, 2.75) is 26.8 Å². The molecule has 0 aliphatic rings. The molecule has 0 atom stereocenters. The average Bonchev–Trinajstić information content (AvgIpc) is 2.52. The molecule has 0 spiro atoms. The molecule has 1 heterocycles. The number of thiophene rings is 1. The fourth-order valence-corrected chi connectivity index (χ4v) is 2.54. The van der Waals surface area contributed by atoms with Crippen molar-refractivity contribution in [2.75, 3.05) is 19.8 Å². The molecule has 6 heteroatoms. The van der Waals surface area contributed by atoms with E-state index in [1.54, 1.807) is 21.0 Å². The third-order valence-electron chi connectivity index (χ3n) is 2.42. The number of carbonyl (C=O) groups excluding carboxylic acids is 2. The van der Waals surface area contributed by atoms with Gasteiger partial charge in [-0.25, -0.2) is 0 Å². The molecular weight excluding hydrogens is 250 g/mol. The van der Waals surface area contributed by atoms with Crippen LogP contribution in [0.25, 0.3) is 0 Å². The molecule has 5 nitrogen and oxygen atoms in total. The first-order valence-corrected chi connectivity index (χ1v) is 6.48. The van der Waals surface area contributed by atoms with E-state index in [0.29, 0.717) is 21.0 Å². The molecule has 0 unspecified atom stereocenters. The molecule has 1 aromatic heterocycles. The van der Waals surface area contributed by atoms with Crippen LogP contribution in [0.5, 0.6) is 0 Å². The summed E-state index contributed by atoms with van der Waals surface area (Å²) >= 11 is 1.16. The summed E-state index contributed by atoms with van der Waals surface area (Å²) in [6, 6.07) is 0.0493. The molecule has 0 saturated carbocycles. The molecule has 100 valence electrons. The van der Waals surface area contributed by atoms with Gasteiger partial charge in [-0.05, 0) is 26.3 Å². The Hall–Kier alpha value is -1.56. The van der Waals surface area contributed by atoms with Crippen LogP contribution in [-0.2, 0) is 0 Å². The first-order chi connectivity index (χ1) is 8.25. The Morgan fingerprint density at radius 2 is 1.89 bits per heavy atom. The second-order valence-corrected chi connectivity index (χ2v) is 5.68. The van der Waals surface area contributed by atoms with E-state index < -0.39 is 0 Å². The van der Waals surface area contributed by atoms with E-state index >= 15 is 0 Å². The summed E-state index contributed by atoms with van der Waals surface area (Å²) in [6.07, 6.45) is 0. The molecule has 0 radical (unpaired) electrons. The predicted molar refractivity (Wildman–Crippen MR) is 74.1 cm³/mol. The maximum absolute atomic E-state index is 12.0. The van der Waals surface area contributed by atoms with E-state index in [0.717, 1.165) is 11.3 Å². The molecule has 0 saturated heterocycles. The molecular formula is C12H19N3O2S. The lowest BCUT2D eigenvalue weighted by molar-refractivity contribution is 0.0828. The van der Waals surface area contributed by atoms with Gasteiger partial charge in [-0.3, -0.25) is 9.59 Å². The molecule has 0 aliphatic carbocycles. The third kappa shape index (κ3) is 2.81. The fourth-order valence-electron chi connectivity index (χ4n) is 1.57. The monoisotopic (exact) mass is 269 g/mol. The van der Waals surface area contributed by atoms with Gasteiger partial charge >= 0.3 is 0 Å². The molecule has 2 amide bonds. The molecule has 1 rings (SSSR count). The summed E-state index contributed by atoms with van der Waals surface area (Å²) in [5.41, 5.74) is 6.92. The van der Waals surface area contributed by atoms with Gasteiger partial charge in [0.05, 0.1) is 15.4 Å². The number of nitrogens with two attached hydrogens (primary N) is 1. The minimum Gasteiger partial charge on any atom is -0.390 e. The second kappa shape index (κ2) is 5.39. The zero-order chi connectivity index (χ0) is 14.0. The highest BCUT2D eigenvalue weighted by Gasteiger charge is 2.24. The van der Waals surface area contributed by atoms with Crippen molar-refractivity contribution < 1.29 is 9.59 Å². The SMILES string of the molecule is Cc1c(C(=O)NC(C)C)sc(N)c1C(=O)N(C)C. The van der Waals surface area contributed by atoms with Gasteiger partial charge in [0.15, 0.2) is 0 Å². The van der Waals surface area contributed by atoms with Crippen LogP contribution in [-0.4, -0.2) is 36.9 Å². The summed E-state index contributed by atoms with van der Waals surface area (Å²) in [5.74, 6) is -0.359. The Bertz CT molecular complexity index is 478. The minimum absolute atomic E-state index is 0.0493. The van der Waals surface area contributed by atoms with Crippen LogP contribution in [0, 0.1) is 6.92 Å². The molecule has 0 bridgehead atoms. The molecule has 0 fully saturated rings. The van der Waals surface area contributed by atoms with Gasteiger partial charge in [-0.15, -0.1) is 11.3 Å². The van der Waals surface area contributed by atoms with Crippen LogP contribution in [0.4, 0.5) is 5.00 Å². The molecule has 0 aromatic carbocycles. The van der Waals surface area contributed by atoms with Gasteiger partial charge in [-0.2, -0.15) is 0 Å². The normalized spacial score (nSPS) is 10.6. The summed E-state index contributed by atoms with van der Waals surface area (Å²) in [7, 11) is 3.32. The number of nitrogen functional groups attached to an aromatic ring is 1. The maximum atomic E-state index is 12.0. The van der Waals surface area contributed by atoms with Crippen molar-refractivity contribution in [3.05, 3.63) is 16.0 Å². The zero-order valence-electron chi connectivity index (χ0n) is 11.3. The number of rotatable bonds is 3. The Balaban J connectivity index is 3.16. The Kier molecular flexibility index (Phi) is 4.34. The van der Waals surface area contributed by atoms with Crippen molar-refractivity contribution in [3.63, 3.8) is 0 Å². The van der Waals surface area contributed by atoms with Crippen molar-refractivity contribution in [1.82, 2.24) is 10.2 Å². The molecule has 1 aromatic rings. The highest BCUT2D eigenvalue weighted by Crippen LogP contribution is 2.31. The number of hydrogen-bond donors (Lipinski definition) is 2. The first kappa shape index (κ1) is 14.5. The number of amides is 2. The lowest BCUT2D eigenvalue weighted by Gasteiger charge is -2.11.